The van der Waals surface area contributed by atoms with E-state index < -0.39 is 0 Å². The third kappa shape index (κ3) is 6.21. The predicted molar refractivity (Wildman–Crippen MR) is 135 cm³/mol. The van der Waals surface area contributed by atoms with Crippen molar-refractivity contribution in [2.75, 3.05) is 21.3 Å². The number of hydrogen-bond donors (Lipinski definition) is 1. The van der Waals surface area contributed by atoms with Crippen LogP contribution in [0.15, 0.2) is 77.3 Å². The van der Waals surface area contributed by atoms with Crippen molar-refractivity contribution in [3.05, 3.63) is 89.8 Å². The number of methoxy groups -OCH3 is 3. The van der Waals surface area contributed by atoms with Crippen molar-refractivity contribution in [3.8, 4) is 28.6 Å². The molecule has 0 radical (unpaired) electrons. The Hall–Kier alpha value is -4.33. The van der Waals surface area contributed by atoms with Gasteiger partial charge in [0.05, 0.1) is 27.4 Å². The lowest BCUT2D eigenvalue weighted by molar-refractivity contribution is -0.121. The molecule has 0 aliphatic heterocycles. The second-order valence-corrected chi connectivity index (χ2v) is 8.14. The second kappa shape index (κ2) is 11.9. The summed E-state index contributed by atoms with van der Waals surface area (Å²) in [5, 5.41) is 7.20. The molecule has 4 aromatic rings. The molecule has 8 nitrogen and oxygen atoms in total. The van der Waals surface area contributed by atoms with Gasteiger partial charge in [0.1, 0.15) is 17.2 Å². The molecule has 0 unspecified atom stereocenters. The standard InChI is InChI=1S/C28H29N3O5/c1-33-22-13-7-19(8-14-22)27(20-9-15-23(34-2)16-10-20)29-25(32)5-4-6-26-30-28(31-36-26)21-11-17-24(35-3)18-12-21/h7-18,27H,4-6H2,1-3H3,(H,29,32). The van der Waals surface area contributed by atoms with Crippen molar-refractivity contribution in [1.82, 2.24) is 15.5 Å². The molecule has 186 valence electrons. The molecule has 0 saturated heterocycles. The number of rotatable bonds is 11. The van der Waals surface area contributed by atoms with E-state index in [1.54, 1.807) is 21.3 Å². The number of carbonyl (C=O) groups excluding carboxylic acids is 1. The third-order valence-corrected chi connectivity index (χ3v) is 5.81. The van der Waals surface area contributed by atoms with Crippen LogP contribution in [0.25, 0.3) is 11.4 Å². The third-order valence-electron chi connectivity index (χ3n) is 5.81. The SMILES string of the molecule is COc1ccc(-c2noc(CCCC(=O)NC(c3ccc(OC)cc3)c3ccc(OC)cc3)n2)cc1. The molecule has 4 rings (SSSR count). The predicted octanol–water partition coefficient (Wildman–Crippen LogP) is 4.99. The van der Waals surface area contributed by atoms with E-state index in [1.807, 2.05) is 72.8 Å². The fourth-order valence-electron chi connectivity index (χ4n) is 3.80. The van der Waals surface area contributed by atoms with Crippen LogP contribution in [0, 0.1) is 0 Å². The Balaban J connectivity index is 1.38. The van der Waals surface area contributed by atoms with E-state index in [-0.39, 0.29) is 11.9 Å². The number of nitrogens with one attached hydrogen (secondary N) is 1. The molecule has 0 spiro atoms. The summed E-state index contributed by atoms with van der Waals surface area (Å²) in [4.78, 5) is 17.3. The zero-order chi connectivity index (χ0) is 25.3. The average Bonchev–Trinajstić information content (AvgIpc) is 3.41. The zero-order valence-corrected chi connectivity index (χ0v) is 20.6. The van der Waals surface area contributed by atoms with Crippen LogP contribution < -0.4 is 19.5 Å². The maximum Gasteiger partial charge on any atom is 0.226 e. The van der Waals surface area contributed by atoms with E-state index in [0.717, 1.165) is 33.9 Å². The van der Waals surface area contributed by atoms with E-state index >= 15 is 0 Å². The topological polar surface area (TPSA) is 95.7 Å². The highest BCUT2D eigenvalue weighted by Crippen LogP contribution is 2.26. The van der Waals surface area contributed by atoms with Gasteiger partial charge in [-0.15, -0.1) is 0 Å². The van der Waals surface area contributed by atoms with E-state index in [9.17, 15) is 4.79 Å². The van der Waals surface area contributed by atoms with Gasteiger partial charge in [-0.2, -0.15) is 4.98 Å². The van der Waals surface area contributed by atoms with Gasteiger partial charge in [-0.3, -0.25) is 4.79 Å². The molecule has 0 saturated carbocycles. The van der Waals surface area contributed by atoms with Gasteiger partial charge in [0.15, 0.2) is 0 Å². The van der Waals surface area contributed by atoms with Gasteiger partial charge in [0.25, 0.3) is 0 Å². The molecule has 8 heteroatoms. The lowest BCUT2D eigenvalue weighted by Crippen LogP contribution is -2.29. The number of amides is 1. The Kier molecular flexibility index (Phi) is 8.18. The average molecular weight is 488 g/mol. The monoisotopic (exact) mass is 487 g/mol. The molecule has 36 heavy (non-hydrogen) atoms. The number of ether oxygens (including phenoxy) is 3. The summed E-state index contributed by atoms with van der Waals surface area (Å²) in [5.74, 6) is 3.21. The molecule has 0 bridgehead atoms. The van der Waals surface area contributed by atoms with E-state index in [0.29, 0.717) is 31.0 Å². The smallest absolute Gasteiger partial charge is 0.226 e. The fraction of sp³-hybridized carbons (Fsp3) is 0.250. The van der Waals surface area contributed by atoms with E-state index in [1.165, 1.54) is 0 Å². The van der Waals surface area contributed by atoms with Gasteiger partial charge in [0.2, 0.25) is 17.6 Å². The van der Waals surface area contributed by atoms with E-state index in [4.69, 9.17) is 18.7 Å². The van der Waals surface area contributed by atoms with Gasteiger partial charge in [-0.05, 0) is 66.1 Å². The first-order valence-electron chi connectivity index (χ1n) is 11.6. The maximum atomic E-state index is 12.9. The first kappa shape index (κ1) is 24.8. The Bertz CT molecular complexity index is 1200. The van der Waals surface area contributed by atoms with Crippen LogP contribution in [-0.4, -0.2) is 37.4 Å². The lowest BCUT2D eigenvalue weighted by Gasteiger charge is -2.20. The molecule has 1 amide bonds. The van der Waals surface area contributed by atoms with Gasteiger partial charge >= 0.3 is 0 Å². The fourth-order valence-corrected chi connectivity index (χ4v) is 3.80. The van der Waals surface area contributed by atoms with Crippen LogP contribution in [0.5, 0.6) is 17.2 Å². The van der Waals surface area contributed by atoms with Crippen LogP contribution in [0.2, 0.25) is 0 Å². The molecule has 0 fully saturated rings. The summed E-state index contributed by atoms with van der Waals surface area (Å²) in [6, 6.07) is 22.5. The largest absolute Gasteiger partial charge is 0.497 e. The molecule has 3 aromatic carbocycles. The Morgan fingerprint density at radius 3 is 1.81 bits per heavy atom. The molecule has 0 aliphatic carbocycles. The Labute approximate surface area is 210 Å². The number of aromatic nitrogens is 2. The van der Waals surface area contributed by atoms with Crippen molar-refractivity contribution >= 4 is 5.91 Å². The number of benzene rings is 3. The quantitative estimate of drug-likeness (QED) is 0.318. The van der Waals surface area contributed by atoms with Crippen LogP contribution in [0.1, 0.15) is 35.9 Å². The maximum absolute atomic E-state index is 12.9. The number of nitrogens with zero attached hydrogens (tertiary/aromatic N) is 2. The first-order valence-corrected chi connectivity index (χ1v) is 11.6. The van der Waals surface area contributed by atoms with Crippen LogP contribution in [0.3, 0.4) is 0 Å². The van der Waals surface area contributed by atoms with Crippen molar-refractivity contribution in [1.29, 1.82) is 0 Å². The summed E-state index contributed by atoms with van der Waals surface area (Å²) in [6.07, 6.45) is 1.41. The summed E-state index contributed by atoms with van der Waals surface area (Å²) < 4.78 is 21.1. The Morgan fingerprint density at radius 2 is 1.31 bits per heavy atom. The van der Waals surface area contributed by atoms with Gasteiger partial charge in [-0.25, -0.2) is 0 Å². The molecular weight excluding hydrogens is 458 g/mol. The number of hydrogen-bond acceptors (Lipinski definition) is 7. The molecule has 1 heterocycles. The van der Waals surface area contributed by atoms with Crippen LogP contribution in [-0.2, 0) is 11.2 Å². The lowest BCUT2D eigenvalue weighted by atomic mass is 9.98. The Morgan fingerprint density at radius 1 is 0.806 bits per heavy atom. The molecular formula is C28H29N3O5. The highest BCUT2D eigenvalue weighted by Gasteiger charge is 2.18. The zero-order valence-electron chi connectivity index (χ0n) is 20.6. The minimum absolute atomic E-state index is 0.0680. The summed E-state index contributed by atoms with van der Waals surface area (Å²) >= 11 is 0. The normalized spacial score (nSPS) is 10.8. The minimum Gasteiger partial charge on any atom is -0.497 e. The second-order valence-electron chi connectivity index (χ2n) is 8.14. The summed E-state index contributed by atoms with van der Waals surface area (Å²) in [6.45, 7) is 0. The van der Waals surface area contributed by atoms with Crippen molar-refractivity contribution in [3.63, 3.8) is 0 Å². The summed E-state index contributed by atoms with van der Waals surface area (Å²) in [7, 11) is 4.87. The first-order chi connectivity index (χ1) is 17.6. The highest BCUT2D eigenvalue weighted by molar-refractivity contribution is 5.77. The minimum atomic E-state index is -0.306. The van der Waals surface area contributed by atoms with Gasteiger partial charge < -0.3 is 24.1 Å². The number of aryl methyl sites for hydroxylation is 1. The van der Waals surface area contributed by atoms with Crippen LogP contribution >= 0.6 is 0 Å². The molecule has 1 aromatic heterocycles. The number of carbonyl (C=O) groups is 1. The van der Waals surface area contributed by atoms with Crippen molar-refractivity contribution < 1.29 is 23.5 Å². The van der Waals surface area contributed by atoms with Crippen molar-refractivity contribution in [2.45, 2.75) is 25.3 Å². The van der Waals surface area contributed by atoms with Gasteiger partial charge in [0, 0.05) is 18.4 Å². The van der Waals surface area contributed by atoms with Gasteiger partial charge in [-0.1, -0.05) is 29.4 Å². The summed E-state index contributed by atoms with van der Waals surface area (Å²) in [5.41, 5.74) is 2.75. The highest BCUT2D eigenvalue weighted by atomic mass is 16.5. The molecule has 1 N–H and O–H groups in total. The molecule has 0 atom stereocenters. The van der Waals surface area contributed by atoms with Crippen LogP contribution in [0.4, 0.5) is 0 Å². The van der Waals surface area contributed by atoms with Crippen molar-refractivity contribution in [2.24, 2.45) is 0 Å². The van der Waals surface area contributed by atoms with E-state index in [2.05, 4.69) is 15.5 Å². The molecule has 0 aliphatic rings.